The first-order valence-corrected chi connectivity index (χ1v) is 11.7. The van der Waals surface area contributed by atoms with Gasteiger partial charge in [0, 0.05) is 22.7 Å². The molecule has 0 aliphatic rings. The van der Waals surface area contributed by atoms with E-state index in [1.807, 2.05) is 68.4 Å². The molecule has 1 atom stereocenters. The lowest BCUT2D eigenvalue weighted by atomic mass is 10.1. The lowest BCUT2D eigenvalue weighted by Gasteiger charge is -2.19. The number of H-pyrrole nitrogens is 1. The number of aromatic amines is 1. The smallest absolute Gasteiger partial charge is 0.408 e. The Morgan fingerprint density at radius 2 is 1.78 bits per heavy atom. The number of para-hydroxylation sites is 1. The zero-order chi connectivity index (χ0) is 25.7. The third-order valence-electron chi connectivity index (χ3n) is 5.75. The second-order valence-corrected chi connectivity index (χ2v) is 8.74. The van der Waals surface area contributed by atoms with Gasteiger partial charge in [0.25, 0.3) is 5.91 Å². The van der Waals surface area contributed by atoms with Crippen molar-refractivity contribution in [3.05, 3.63) is 89.3 Å². The van der Waals surface area contributed by atoms with E-state index in [0.717, 1.165) is 16.5 Å². The highest BCUT2D eigenvalue weighted by atomic mass is 16.5. The molecule has 2 amide bonds. The number of rotatable bonds is 9. The van der Waals surface area contributed by atoms with Crippen molar-refractivity contribution in [2.75, 3.05) is 6.54 Å². The van der Waals surface area contributed by atoms with E-state index in [1.165, 1.54) is 0 Å². The van der Waals surface area contributed by atoms with Gasteiger partial charge in [-0.05, 0) is 24.5 Å². The molecule has 0 saturated carbocycles. The molecule has 0 aliphatic carbocycles. The molecule has 0 spiro atoms. The van der Waals surface area contributed by atoms with E-state index in [1.54, 1.807) is 13.1 Å². The first-order chi connectivity index (χ1) is 17.3. The predicted molar refractivity (Wildman–Crippen MR) is 134 cm³/mol. The molecule has 4 aromatic rings. The molecule has 186 valence electrons. The summed E-state index contributed by atoms with van der Waals surface area (Å²) in [5.41, 5.74) is 2.27. The maximum atomic E-state index is 12.8. The second-order valence-electron chi connectivity index (χ2n) is 8.74. The number of carbonyl (C=O) groups excluding carboxylic acids is 3. The number of nitrogens with one attached hydrogen (secondary N) is 3. The second kappa shape index (κ2) is 10.9. The van der Waals surface area contributed by atoms with Crippen LogP contribution >= 0.6 is 0 Å². The quantitative estimate of drug-likeness (QED) is 0.293. The molecule has 4 rings (SSSR count). The van der Waals surface area contributed by atoms with Gasteiger partial charge in [-0.2, -0.15) is 0 Å². The number of benzene rings is 2. The maximum absolute atomic E-state index is 12.8. The van der Waals surface area contributed by atoms with E-state index < -0.39 is 18.0 Å². The molecular weight excluding hydrogens is 460 g/mol. The Balaban J connectivity index is 1.39. The summed E-state index contributed by atoms with van der Waals surface area (Å²) in [5.74, 6) is -0.388. The number of ether oxygens (including phenoxy) is 1. The molecule has 2 aromatic heterocycles. The normalized spacial score (nSPS) is 11.9. The van der Waals surface area contributed by atoms with Crippen LogP contribution in [0, 0.1) is 12.8 Å². The molecule has 0 bridgehead atoms. The molecule has 36 heavy (non-hydrogen) atoms. The van der Waals surface area contributed by atoms with E-state index in [4.69, 9.17) is 9.15 Å². The molecule has 2 heterocycles. The summed E-state index contributed by atoms with van der Waals surface area (Å²) in [6, 6.07) is 16.2. The number of fused-ring (bicyclic) bond motifs is 1. The van der Waals surface area contributed by atoms with E-state index >= 15 is 0 Å². The van der Waals surface area contributed by atoms with Gasteiger partial charge in [-0.15, -0.1) is 0 Å². The Labute approximate surface area is 208 Å². The lowest BCUT2D eigenvalue weighted by Crippen LogP contribution is -2.33. The van der Waals surface area contributed by atoms with Gasteiger partial charge in [-0.1, -0.05) is 62.4 Å². The molecule has 3 N–H and O–H groups in total. The Hall–Kier alpha value is -4.40. The third kappa shape index (κ3) is 5.63. The number of amides is 2. The van der Waals surface area contributed by atoms with E-state index in [9.17, 15) is 14.4 Å². The number of hydrogen-bond acceptors (Lipinski definition) is 6. The first kappa shape index (κ1) is 24.7. The van der Waals surface area contributed by atoms with Gasteiger partial charge in [0.15, 0.2) is 11.5 Å². The Kier molecular flexibility index (Phi) is 7.48. The van der Waals surface area contributed by atoms with Crippen LogP contribution in [0.15, 0.2) is 65.2 Å². The van der Waals surface area contributed by atoms with Crippen LogP contribution in [0.3, 0.4) is 0 Å². The van der Waals surface area contributed by atoms with E-state index in [2.05, 4.69) is 20.6 Å². The molecule has 2 aromatic carbocycles. The number of aromatic nitrogens is 2. The van der Waals surface area contributed by atoms with Crippen LogP contribution in [0.1, 0.15) is 58.0 Å². The number of ketones is 1. The summed E-state index contributed by atoms with van der Waals surface area (Å²) >= 11 is 0. The number of aryl methyl sites for hydroxylation is 1. The highest BCUT2D eigenvalue weighted by molar-refractivity contribution is 6.10. The average molecular weight is 489 g/mol. The number of hydrogen-bond donors (Lipinski definition) is 3. The van der Waals surface area contributed by atoms with Crippen LogP contribution < -0.4 is 10.6 Å². The van der Waals surface area contributed by atoms with Gasteiger partial charge in [-0.25, -0.2) is 9.78 Å². The molecule has 0 saturated heterocycles. The van der Waals surface area contributed by atoms with E-state index in [0.29, 0.717) is 5.56 Å². The summed E-state index contributed by atoms with van der Waals surface area (Å²) in [7, 11) is 0. The topological polar surface area (TPSA) is 126 Å². The molecule has 0 fully saturated rings. The van der Waals surface area contributed by atoms with Crippen LogP contribution in [0.4, 0.5) is 4.79 Å². The van der Waals surface area contributed by atoms with Gasteiger partial charge in [0.2, 0.25) is 5.89 Å². The van der Waals surface area contributed by atoms with Crippen LogP contribution in [-0.4, -0.2) is 34.3 Å². The molecular formula is C27H28N4O5. The Morgan fingerprint density at radius 3 is 2.53 bits per heavy atom. The summed E-state index contributed by atoms with van der Waals surface area (Å²) in [6.07, 6.45) is 1.01. The zero-order valence-electron chi connectivity index (χ0n) is 20.3. The molecule has 9 nitrogen and oxygen atoms in total. The summed E-state index contributed by atoms with van der Waals surface area (Å²) in [4.78, 5) is 45.2. The predicted octanol–water partition coefficient (Wildman–Crippen LogP) is 4.70. The summed E-state index contributed by atoms with van der Waals surface area (Å²) < 4.78 is 11.0. The fourth-order valence-corrected chi connectivity index (χ4v) is 3.81. The minimum Gasteiger partial charge on any atom is -0.445 e. The first-order valence-electron chi connectivity index (χ1n) is 11.7. The SMILES string of the molecule is Cc1oc([C@@H](NC(=O)OCc2ccccc2)C(C)C)nc1C(=O)NCC(=O)c1c[nH]c2ccccc12. The minimum absolute atomic E-state index is 0.0572. The van der Waals surface area contributed by atoms with Gasteiger partial charge < -0.3 is 24.8 Å². The summed E-state index contributed by atoms with van der Waals surface area (Å²) in [5, 5.41) is 6.17. The fraction of sp³-hybridized carbons (Fsp3) is 0.259. The van der Waals surface area contributed by atoms with Crippen LogP contribution in [-0.2, 0) is 11.3 Å². The van der Waals surface area contributed by atoms with Crippen molar-refractivity contribution >= 4 is 28.7 Å². The van der Waals surface area contributed by atoms with Crippen molar-refractivity contribution in [3.63, 3.8) is 0 Å². The fourth-order valence-electron chi connectivity index (χ4n) is 3.81. The number of nitrogens with zero attached hydrogens (tertiary/aromatic N) is 1. The Morgan fingerprint density at radius 1 is 1.06 bits per heavy atom. The van der Waals surface area contributed by atoms with Crippen molar-refractivity contribution in [2.24, 2.45) is 5.92 Å². The third-order valence-corrected chi connectivity index (χ3v) is 5.75. The molecule has 0 aliphatic heterocycles. The van der Waals surface area contributed by atoms with Crippen molar-refractivity contribution in [3.8, 4) is 0 Å². The highest BCUT2D eigenvalue weighted by Gasteiger charge is 2.27. The van der Waals surface area contributed by atoms with Gasteiger partial charge >= 0.3 is 6.09 Å². The summed E-state index contributed by atoms with van der Waals surface area (Å²) in [6.45, 7) is 5.32. The molecule has 9 heteroatoms. The van der Waals surface area contributed by atoms with Crippen molar-refractivity contribution in [2.45, 2.75) is 33.4 Å². The largest absolute Gasteiger partial charge is 0.445 e. The van der Waals surface area contributed by atoms with Crippen molar-refractivity contribution < 1.29 is 23.5 Å². The van der Waals surface area contributed by atoms with Gasteiger partial charge in [0.1, 0.15) is 18.4 Å². The standard InChI is InChI=1S/C27H28N4O5/c1-16(2)23(31-27(34)35-15-18-9-5-4-6-10-18)26-30-24(17(3)36-26)25(33)29-14-22(32)20-13-28-21-12-8-7-11-19(20)21/h4-13,16,23,28H,14-15H2,1-3H3,(H,29,33)(H,31,34)/t23-/m0/s1. The Bertz CT molecular complexity index is 1370. The minimum atomic E-state index is -0.622. The maximum Gasteiger partial charge on any atom is 0.408 e. The van der Waals surface area contributed by atoms with Gasteiger partial charge in [0.05, 0.1) is 6.54 Å². The van der Waals surface area contributed by atoms with E-state index in [-0.39, 0.29) is 42.2 Å². The van der Waals surface area contributed by atoms with Crippen molar-refractivity contribution in [1.29, 1.82) is 0 Å². The number of carbonyl (C=O) groups is 3. The number of Topliss-reactive ketones (excluding diaryl/α,β-unsaturated/α-hetero) is 1. The molecule has 0 unspecified atom stereocenters. The van der Waals surface area contributed by atoms with Crippen molar-refractivity contribution in [1.82, 2.24) is 20.6 Å². The average Bonchev–Trinajstić information content (AvgIpc) is 3.48. The van der Waals surface area contributed by atoms with Crippen LogP contribution in [0.2, 0.25) is 0 Å². The monoisotopic (exact) mass is 488 g/mol. The van der Waals surface area contributed by atoms with Gasteiger partial charge in [-0.3, -0.25) is 9.59 Å². The van der Waals surface area contributed by atoms with Crippen LogP contribution in [0.25, 0.3) is 10.9 Å². The number of oxazole rings is 1. The zero-order valence-corrected chi connectivity index (χ0v) is 20.3. The lowest BCUT2D eigenvalue weighted by molar-refractivity contribution is 0.0900. The highest BCUT2D eigenvalue weighted by Crippen LogP contribution is 2.24. The van der Waals surface area contributed by atoms with Crippen LogP contribution in [0.5, 0.6) is 0 Å². The molecule has 0 radical (unpaired) electrons. The number of alkyl carbamates (subject to hydrolysis) is 1.